The molecule has 0 saturated heterocycles. The van der Waals surface area contributed by atoms with Crippen LogP contribution in [0.4, 0.5) is 0 Å². The minimum Gasteiger partial charge on any atom is -0.480 e. The monoisotopic (exact) mass is 347 g/mol. The van der Waals surface area contributed by atoms with E-state index in [1.807, 2.05) is 6.07 Å². The third-order valence-corrected chi connectivity index (χ3v) is 4.08. The van der Waals surface area contributed by atoms with Crippen LogP contribution in [0.15, 0.2) is 42.9 Å². The van der Waals surface area contributed by atoms with Crippen LogP contribution in [0.25, 0.3) is 0 Å². The lowest BCUT2D eigenvalue weighted by molar-refractivity contribution is -0.141. The molecule has 2 aromatic rings. The fourth-order valence-corrected chi connectivity index (χ4v) is 2.75. The second kappa shape index (κ2) is 8.88. The zero-order valence-electron chi connectivity index (χ0n) is 12.8. The number of thioether (sulfide) groups is 1. The highest BCUT2D eigenvalue weighted by atomic mass is 32.2. The highest BCUT2D eigenvalue weighted by Crippen LogP contribution is 2.13. The summed E-state index contributed by atoms with van der Waals surface area (Å²) in [5, 5.41) is 11.5. The number of benzene rings is 1. The van der Waals surface area contributed by atoms with Gasteiger partial charge in [0.2, 0.25) is 11.0 Å². The highest BCUT2D eigenvalue weighted by molar-refractivity contribution is 8.14. The summed E-state index contributed by atoms with van der Waals surface area (Å²) in [4.78, 5) is 41.7. The molecule has 0 aliphatic carbocycles. The van der Waals surface area contributed by atoms with Crippen molar-refractivity contribution in [2.45, 2.75) is 18.9 Å². The van der Waals surface area contributed by atoms with E-state index in [0.29, 0.717) is 11.3 Å². The fourth-order valence-electron chi connectivity index (χ4n) is 1.97. The lowest BCUT2D eigenvalue weighted by Crippen LogP contribution is -2.42. The molecule has 7 nitrogen and oxygen atoms in total. The molecule has 0 fully saturated rings. The summed E-state index contributed by atoms with van der Waals surface area (Å²) in [5.74, 6) is -1.25. The average Bonchev–Trinajstić information content (AvgIpc) is 3.08. The molecular weight excluding hydrogens is 330 g/mol. The molecule has 0 radical (unpaired) electrons. The van der Waals surface area contributed by atoms with Crippen molar-refractivity contribution >= 4 is 28.8 Å². The lowest BCUT2D eigenvalue weighted by Gasteiger charge is -2.13. The van der Waals surface area contributed by atoms with Crippen LogP contribution >= 0.6 is 11.8 Å². The number of imidazole rings is 1. The molecule has 1 heterocycles. The van der Waals surface area contributed by atoms with Gasteiger partial charge in [0.15, 0.2) is 0 Å². The normalized spacial score (nSPS) is 11.7. The first-order valence-electron chi connectivity index (χ1n) is 7.28. The van der Waals surface area contributed by atoms with Crippen LogP contribution in [0.5, 0.6) is 0 Å². The molecule has 0 aliphatic heterocycles. The number of carboxylic acids is 1. The van der Waals surface area contributed by atoms with Gasteiger partial charge in [-0.15, -0.1) is 0 Å². The molecule has 1 atom stereocenters. The van der Waals surface area contributed by atoms with Gasteiger partial charge in [-0.1, -0.05) is 42.1 Å². The van der Waals surface area contributed by atoms with E-state index >= 15 is 0 Å². The number of hydrogen-bond acceptors (Lipinski definition) is 5. The third kappa shape index (κ3) is 5.54. The number of carboxylic acid groups (broad SMARTS) is 1. The van der Waals surface area contributed by atoms with E-state index in [-0.39, 0.29) is 23.7 Å². The highest BCUT2D eigenvalue weighted by Gasteiger charge is 2.21. The van der Waals surface area contributed by atoms with Crippen molar-refractivity contribution in [3.8, 4) is 0 Å². The standard InChI is InChI=1S/C16H17N3O4S/c20-14(6-7-24-16(23)11-4-2-1-3-5-11)19-13(15(21)22)8-12-9-17-10-18-12/h1-5,9-10,13H,6-8H2,(H,17,18)(H,19,20)(H,21,22)/t13-/m0/s1. The summed E-state index contributed by atoms with van der Waals surface area (Å²) in [6.45, 7) is 0. The molecule has 1 aromatic carbocycles. The smallest absolute Gasteiger partial charge is 0.326 e. The molecule has 2 rings (SSSR count). The van der Waals surface area contributed by atoms with Gasteiger partial charge in [-0.25, -0.2) is 9.78 Å². The first-order valence-corrected chi connectivity index (χ1v) is 8.27. The SMILES string of the molecule is O=C(CCSC(=O)c1ccccc1)N[C@@H](Cc1c[nH]cn1)C(=O)O. The molecule has 3 N–H and O–H groups in total. The average molecular weight is 347 g/mol. The van der Waals surface area contributed by atoms with E-state index in [0.717, 1.165) is 11.8 Å². The largest absolute Gasteiger partial charge is 0.480 e. The van der Waals surface area contributed by atoms with Gasteiger partial charge in [-0.2, -0.15) is 0 Å². The van der Waals surface area contributed by atoms with Crippen LogP contribution < -0.4 is 5.32 Å². The van der Waals surface area contributed by atoms with Gasteiger partial charge >= 0.3 is 5.97 Å². The number of amides is 1. The Kier molecular flexibility index (Phi) is 6.56. The summed E-state index contributed by atoms with van der Waals surface area (Å²) < 4.78 is 0. The molecule has 8 heteroatoms. The van der Waals surface area contributed by atoms with Gasteiger partial charge in [0, 0.05) is 30.4 Å². The first-order chi connectivity index (χ1) is 11.6. The molecule has 0 spiro atoms. The number of aromatic amines is 1. The predicted octanol–water partition coefficient (Wildman–Crippen LogP) is 1.49. The van der Waals surface area contributed by atoms with Crippen molar-refractivity contribution in [2.75, 3.05) is 5.75 Å². The van der Waals surface area contributed by atoms with Gasteiger partial charge < -0.3 is 15.4 Å². The number of aliphatic carboxylic acids is 1. The van der Waals surface area contributed by atoms with Crippen LogP contribution in [-0.2, 0) is 16.0 Å². The quantitative estimate of drug-likeness (QED) is 0.667. The van der Waals surface area contributed by atoms with Crippen molar-refractivity contribution in [1.29, 1.82) is 0 Å². The Morgan fingerprint density at radius 2 is 2.00 bits per heavy atom. The molecule has 0 aliphatic rings. The molecule has 0 unspecified atom stereocenters. The Morgan fingerprint density at radius 1 is 1.25 bits per heavy atom. The maximum absolute atomic E-state index is 11.9. The predicted molar refractivity (Wildman–Crippen MR) is 89.7 cm³/mol. The van der Waals surface area contributed by atoms with Crippen molar-refractivity contribution in [1.82, 2.24) is 15.3 Å². The van der Waals surface area contributed by atoms with Gasteiger partial charge in [0.25, 0.3) is 0 Å². The second-order valence-corrected chi connectivity index (χ2v) is 6.04. The maximum atomic E-state index is 11.9. The molecule has 126 valence electrons. The number of hydrogen-bond donors (Lipinski definition) is 3. The molecule has 1 aromatic heterocycles. The van der Waals surface area contributed by atoms with Crippen molar-refractivity contribution in [2.24, 2.45) is 0 Å². The zero-order valence-corrected chi connectivity index (χ0v) is 13.6. The van der Waals surface area contributed by atoms with Crippen LogP contribution in [0.2, 0.25) is 0 Å². The second-order valence-electron chi connectivity index (χ2n) is 4.97. The number of carbonyl (C=O) groups is 3. The number of nitrogens with one attached hydrogen (secondary N) is 2. The summed E-state index contributed by atoms with van der Waals surface area (Å²) in [6.07, 6.45) is 3.19. The van der Waals surface area contributed by atoms with Crippen molar-refractivity contribution < 1.29 is 19.5 Å². The summed E-state index contributed by atoms with van der Waals surface area (Å²) in [7, 11) is 0. The minimum atomic E-state index is -1.13. The molecule has 1 amide bonds. The fraction of sp³-hybridized carbons (Fsp3) is 0.250. The van der Waals surface area contributed by atoms with Crippen LogP contribution in [0.3, 0.4) is 0 Å². The number of aromatic nitrogens is 2. The van der Waals surface area contributed by atoms with Crippen molar-refractivity contribution in [3.05, 3.63) is 54.1 Å². The Morgan fingerprint density at radius 3 is 2.62 bits per heavy atom. The summed E-state index contributed by atoms with van der Waals surface area (Å²) in [6, 6.07) is 7.73. The molecule has 0 saturated carbocycles. The first kappa shape index (κ1) is 17.7. The Bertz CT molecular complexity index is 689. The minimum absolute atomic E-state index is 0.0631. The van der Waals surface area contributed by atoms with Gasteiger partial charge in [-0.3, -0.25) is 9.59 Å². The van der Waals surface area contributed by atoms with Gasteiger partial charge in [0.1, 0.15) is 6.04 Å². The number of rotatable bonds is 8. The van der Waals surface area contributed by atoms with Crippen LogP contribution in [-0.4, -0.2) is 43.9 Å². The number of carbonyl (C=O) groups excluding carboxylic acids is 2. The van der Waals surface area contributed by atoms with Crippen LogP contribution in [0.1, 0.15) is 22.5 Å². The lowest BCUT2D eigenvalue weighted by atomic mass is 10.1. The zero-order chi connectivity index (χ0) is 17.4. The van der Waals surface area contributed by atoms with E-state index in [1.54, 1.807) is 30.5 Å². The third-order valence-electron chi connectivity index (χ3n) is 3.17. The number of nitrogens with zero attached hydrogens (tertiary/aromatic N) is 1. The Hall–Kier alpha value is -2.61. The molecule has 24 heavy (non-hydrogen) atoms. The van der Waals surface area contributed by atoms with Crippen molar-refractivity contribution in [3.63, 3.8) is 0 Å². The van der Waals surface area contributed by atoms with Crippen LogP contribution in [0, 0.1) is 0 Å². The summed E-state index contributed by atoms with van der Waals surface area (Å²) >= 11 is 1.03. The number of H-pyrrole nitrogens is 1. The molecular formula is C16H17N3O4S. The topological polar surface area (TPSA) is 112 Å². The van der Waals surface area contributed by atoms with E-state index < -0.39 is 17.9 Å². The summed E-state index contributed by atoms with van der Waals surface area (Å²) in [5.41, 5.74) is 1.13. The van der Waals surface area contributed by atoms with Gasteiger partial charge in [0.05, 0.1) is 12.0 Å². The van der Waals surface area contributed by atoms with E-state index in [4.69, 9.17) is 0 Å². The molecule has 0 bridgehead atoms. The maximum Gasteiger partial charge on any atom is 0.326 e. The van der Waals surface area contributed by atoms with E-state index in [9.17, 15) is 19.5 Å². The van der Waals surface area contributed by atoms with E-state index in [2.05, 4.69) is 15.3 Å². The van der Waals surface area contributed by atoms with E-state index in [1.165, 1.54) is 6.33 Å². The Labute approximate surface area is 142 Å². The van der Waals surface area contributed by atoms with Gasteiger partial charge in [-0.05, 0) is 0 Å². The Balaban J connectivity index is 1.77.